The lowest BCUT2D eigenvalue weighted by Gasteiger charge is -2.24. The predicted molar refractivity (Wildman–Crippen MR) is 127 cm³/mol. The zero-order valence-corrected chi connectivity index (χ0v) is 19.4. The lowest BCUT2D eigenvalue weighted by atomic mass is 10.3. The Morgan fingerprint density at radius 1 is 1.16 bits per heavy atom. The second-order valence-corrected chi connectivity index (χ2v) is 8.11. The van der Waals surface area contributed by atoms with E-state index in [2.05, 4.69) is 23.7 Å². The van der Waals surface area contributed by atoms with E-state index in [-0.39, 0.29) is 30.7 Å². The van der Waals surface area contributed by atoms with Crippen molar-refractivity contribution in [1.29, 1.82) is 0 Å². The molecule has 0 radical (unpaired) electrons. The number of fused-ring (bicyclic) bond motifs is 2. The summed E-state index contributed by atoms with van der Waals surface area (Å²) in [5, 5.41) is 0.485. The number of thiazole rings is 1. The number of carbonyl (C=O) groups is 1. The quantitative estimate of drug-likeness (QED) is 0.380. The van der Waals surface area contributed by atoms with Crippen LogP contribution in [-0.2, 0) is 11.3 Å². The van der Waals surface area contributed by atoms with Crippen molar-refractivity contribution >= 4 is 56.1 Å². The molecule has 0 aliphatic carbocycles. The molecular weight excluding hydrogens is 455 g/mol. The molecule has 0 aliphatic heterocycles. The van der Waals surface area contributed by atoms with Crippen molar-refractivity contribution in [3.8, 4) is 0 Å². The topological polar surface area (TPSA) is 71.6 Å². The van der Waals surface area contributed by atoms with E-state index in [4.69, 9.17) is 4.42 Å². The molecule has 10 heteroatoms. The summed E-state index contributed by atoms with van der Waals surface area (Å²) < 4.78 is 20.9. The number of amides is 1. The van der Waals surface area contributed by atoms with Gasteiger partial charge in [-0.25, -0.2) is 14.2 Å². The Labute approximate surface area is 194 Å². The number of benzene rings is 2. The van der Waals surface area contributed by atoms with Gasteiger partial charge in [0.15, 0.2) is 10.7 Å². The molecule has 1 amide bonds. The van der Waals surface area contributed by atoms with Crippen LogP contribution in [0, 0.1) is 5.82 Å². The molecule has 0 N–H and O–H groups in total. The van der Waals surface area contributed by atoms with Crippen LogP contribution >= 0.6 is 23.7 Å². The number of rotatable bonds is 8. The molecule has 0 fully saturated rings. The van der Waals surface area contributed by atoms with Gasteiger partial charge in [-0.3, -0.25) is 14.3 Å². The van der Waals surface area contributed by atoms with Gasteiger partial charge < -0.3 is 9.32 Å². The molecular formula is C22H24ClFN4O3S. The molecule has 0 saturated heterocycles. The molecule has 0 aliphatic rings. The molecule has 0 unspecified atom stereocenters. The van der Waals surface area contributed by atoms with E-state index in [0.717, 1.165) is 13.1 Å². The first kappa shape index (κ1) is 23.9. The molecule has 170 valence electrons. The van der Waals surface area contributed by atoms with Gasteiger partial charge in [0, 0.05) is 13.1 Å². The molecule has 0 spiro atoms. The van der Waals surface area contributed by atoms with Crippen molar-refractivity contribution in [3.05, 3.63) is 58.8 Å². The number of carbonyl (C=O) groups excluding carboxylic acids is 1. The van der Waals surface area contributed by atoms with Crippen LogP contribution < -0.4 is 10.7 Å². The van der Waals surface area contributed by atoms with Crippen molar-refractivity contribution in [2.24, 2.45) is 0 Å². The monoisotopic (exact) mass is 478 g/mol. The first-order valence-electron chi connectivity index (χ1n) is 10.2. The molecule has 32 heavy (non-hydrogen) atoms. The number of likely N-dealkylation sites (N-methyl/N-ethyl adjacent to an activating group) is 1. The first-order chi connectivity index (χ1) is 15.0. The van der Waals surface area contributed by atoms with E-state index in [1.807, 2.05) is 0 Å². The normalized spacial score (nSPS) is 11.2. The Morgan fingerprint density at radius 2 is 1.91 bits per heavy atom. The maximum atomic E-state index is 13.6. The van der Waals surface area contributed by atoms with Crippen LogP contribution in [0.1, 0.15) is 13.8 Å². The second kappa shape index (κ2) is 10.2. The Balaban J connectivity index is 0.00000289. The van der Waals surface area contributed by atoms with Crippen LogP contribution in [0.4, 0.5) is 9.52 Å². The third kappa shape index (κ3) is 4.85. The number of hydrogen-bond donors (Lipinski definition) is 0. The van der Waals surface area contributed by atoms with Gasteiger partial charge in [0.2, 0.25) is 5.91 Å². The van der Waals surface area contributed by atoms with Crippen LogP contribution in [0.5, 0.6) is 0 Å². The van der Waals surface area contributed by atoms with Crippen LogP contribution in [0.15, 0.2) is 51.7 Å². The number of hydrogen-bond acceptors (Lipinski definition) is 6. The SMILES string of the molecule is CCN(CC)CCN(C(=O)Cn1c(=O)oc2ccccc21)c1nc2ccc(F)cc2s1.Cl. The average Bonchev–Trinajstić information content (AvgIpc) is 3.31. The third-order valence-electron chi connectivity index (χ3n) is 5.27. The summed E-state index contributed by atoms with van der Waals surface area (Å²) >= 11 is 1.26. The largest absolute Gasteiger partial charge is 0.420 e. The Morgan fingerprint density at radius 3 is 2.66 bits per heavy atom. The number of oxazole rings is 1. The number of halogens is 2. The van der Waals surface area contributed by atoms with Gasteiger partial charge in [-0.05, 0) is 43.4 Å². The number of aromatic nitrogens is 2. The minimum atomic E-state index is -0.579. The second-order valence-electron chi connectivity index (χ2n) is 7.10. The summed E-state index contributed by atoms with van der Waals surface area (Å²) in [6, 6.07) is 11.4. The van der Waals surface area contributed by atoms with Crippen LogP contribution in [-0.4, -0.2) is 46.5 Å². The predicted octanol–water partition coefficient (Wildman–Crippen LogP) is 4.14. The number of anilines is 1. The minimum Gasteiger partial charge on any atom is -0.408 e. The zero-order chi connectivity index (χ0) is 22.0. The minimum absolute atomic E-state index is 0. The Hall–Kier alpha value is -2.75. The van der Waals surface area contributed by atoms with Crippen LogP contribution in [0.25, 0.3) is 21.3 Å². The third-order valence-corrected chi connectivity index (χ3v) is 6.31. The van der Waals surface area contributed by atoms with Gasteiger partial charge in [0.25, 0.3) is 0 Å². The van der Waals surface area contributed by atoms with E-state index in [1.165, 1.54) is 28.0 Å². The van der Waals surface area contributed by atoms with Crippen LogP contribution in [0.2, 0.25) is 0 Å². The molecule has 2 aromatic heterocycles. The molecule has 0 atom stereocenters. The van der Waals surface area contributed by atoms with Crippen molar-refractivity contribution < 1.29 is 13.6 Å². The molecule has 2 aromatic carbocycles. The van der Waals surface area contributed by atoms with Gasteiger partial charge in [-0.15, -0.1) is 12.4 Å². The van der Waals surface area contributed by atoms with Gasteiger partial charge in [-0.1, -0.05) is 37.3 Å². The number of para-hydroxylation sites is 2. The van der Waals surface area contributed by atoms with Gasteiger partial charge >= 0.3 is 5.76 Å². The summed E-state index contributed by atoms with van der Waals surface area (Å²) in [6.07, 6.45) is 0. The van der Waals surface area contributed by atoms with E-state index >= 15 is 0 Å². The summed E-state index contributed by atoms with van der Waals surface area (Å²) in [4.78, 5) is 34.0. The molecule has 4 aromatic rings. The van der Waals surface area contributed by atoms with Crippen LogP contribution in [0.3, 0.4) is 0 Å². The highest BCUT2D eigenvalue weighted by Gasteiger charge is 2.23. The van der Waals surface area contributed by atoms with Crippen molar-refractivity contribution in [3.63, 3.8) is 0 Å². The lowest BCUT2D eigenvalue weighted by Crippen LogP contribution is -2.41. The standard InChI is InChI=1S/C22H23FN4O3S.ClH/c1-3-25(4-2)11-12-26(21-24-16-10-9-15(23)13-19(16)31-21)20(28)14-27-17-7-5-6-8-18(17)30-22(27)29;/h5-10,13H,3-4,11-12,14H2,1-2H3;1H. The van der Waals surface area contributed by atoms with E-state index in [0.29, 0.717) is 39.5 Å². The molecule has 2 heterocycles. The number of nitrogens with zero attached hydrogens (tertiary/aromatic N) is 4. The fraction of sp³-hybridized carbons (Fsp3) is 0.318. The van der Waals surface area contributed by atoms with Crippen molar-refractivity contribution in [1.82, 2.24) is 14.5 Å². The van der Waals surface area contributed by atoms with Crippen molar-refractivity contribution in [2.75, 3.05) is 31.1 Å². The van der Waals surface area contributed by atoms with Gasteiger partial charge in [0.1, 0.15) is 12.4 Å². The molecule has 4 rings (SSSR count). The summed E-state index contributed by atoms with van der Waals surface area (Å²) in [5.74, 6) is -1.20. The van der Waals surface area contributed by atoms with Gasteiger partial charge in [0.05, 0.1) is 15.7 Å². The average molecular weight is 479 g/mol. The van der Waals surface area contributed by atoms with Crippen molar-refractivity contribution in [2.45, 2.75) is 20.4 Å². The molecule has 0 saturated carbocycles. The van der Waals surface area contributed by atoms with Gasteiger partial charge in [-0.2, -0.15) is 0 Å². The highest BCUT2D eigenvalue weighted by molar-refractivity contribution is 7.22. The summed E-state index contributed by atoms with van der Waals surface area (Å²) in [7, 11) is 0. The summed E-state index contributed by atoms with van der Waals surface area (Å²) in [6.45, 7) is 6.74. The highest BCUT2D eigenvalue weighted by Crippen LogP contribution is 2.29. The Kier molecular flexibility index (Phi) is 7.65. The van der Waals surface area contributed by atoms with E-state index in [9.17, 15) is 14.0 Å². The summed E-state index contributed by atoms with van der Waals surface area (Å²) in [5.41, 5.74) is 1.63. The first-order valence-corrected chi connectivity index (χ1v) is 11.0. The lowest BCUT2D eigenvalue weighted by molar-refractivity contribution is -0.119. The smallest absolute Gasteiger partial charge is 0.408 e. The Bertz CT molecular complexity index is 1280. The fourth-order valence-corrected chi connectivity index (χ4v) is 4.53. The maximum Gasteiger partial charge on any atom is 0.420 e. The zero-order valence-electron chi connectivity index (χ0n) is 17.8. The molecule has 0 bridgehead atoms. The van der Waals surface area contributed by atoms with E-state index in [1.54, 1.807) is 35.2 Å². The maximum absolute atomic E-state index is 13.6. The van der Waals surface area contributed by atoms with E-state index < -0.39 is 5.76 Å². The fourth-order valence-electron chi connectivity index (χ4n) is 3.49. The molecule has 7 nitrogen and oxygen atoms in total. The highest BCUT2D eigenvalue weighted by atomic mass is 35.5.